The van der Waals surface area contributed by atoms with E-state index in [1.54, 1.807) is 0 Å². The maximum absolute atomic E-state index is 13.3. The standard InChI is InChI=1S/C27H32N2O2/c1-28-16-8-11-22(28)17-21-19-29(27(30)20-9-4-2-5-10-20)26-15-14-24(18-25(21)26)31-23-12-6-3-7-13-23/h2,4-5,9-10,14-15,18-19,22-23H,3,6-8,11-13,16-17H2,1H3/t22-/m1/s1. The first kappa shape index (κ1) is 20.3. The van der Waals surface area contributed by atoms with Crippen LogP contribution in [0.25, 0.3) is 10.9 Å². The molecule has 1 aliphatic heterocycles. The number of benzene rings is 2. The zero-order chi connectivity index (χ0) is 21.2. The topological polar surface area (TPSA) is 34.5 Å². The molecule has 1 atom stereocenters. The van der Waals surface area contributed by atoms with Crippen LogP contribution in [0.5, 0.6) is 5.75 Å². The van der Waals surface area contributed by atoms with Crippen LogP contribution < -0.4 is 4.74 Å². The molecule has 1 saturated heterocycles. The van der Waals surface area contributed by atoms with Gasteiger partial charge in [0.25, 0.3) is 5.91 Å². The van der Waals surface area contributed by atoms with Crippen LogP contribution in [0.15, 0.2) is 54.7 Å². The highest BCUT2D eigenvalue weighted by molar-refractivity contribution is 6.03. The Morgan fingerprint density at radius 3 is 2.55 bits per heavy atom. The van der Waals surface area contributed by atoms with E-state index in [1.165, 1.54) is 37.7 Å². The number of likely N-dealkylation sites (tertiary alicyclic amines) is 1. The van der Waals surface area contributed by atoms with Gasteiger partial charge >= 0.3 is 0 Å². The molecule has 0 spiro atoms. The number of carbonyl (C=O) groups is 1. The minimum Gasteiger partial charge on any atom is -0.490 e. The average Bonchev–Trinajstić information content (AvgIpc) is 3.38. The van der Waals surface area contributed by atoms with Gasteiger partial charge in [0.15, 0.2) is 0 Å². The lowest BCUT2D eigenvalue weighted by Gasteiger charge is -2.23. The van der Waals surface area contributed by atoms with Gasteiger partial charge in [0.1, 0.15) is 5.75 Å². The second kappa shape index (κ2) is 8.88. The Hall–Kier alpha value is -2.59. The molecule has 5 rings (SSSR count). The van der Waals surface area contributed by atoms with Crippen LogP contribution in [0.2, 0.25) is 0 Å². The largest absolute Gasteiger partial charge is 0.490 e. The van der Waals surface area contributed by atoms with Gasteiger partial charge in [-0.25, -0.2) is 0 Å². The van der Waals surface area contributed by atoms with Gasteiger partial charge in [-0.2, -0.15) is 0 Å². The van der Waals surface area contributed by atoms with Crippen molar-refractivity contribution in [2.24, 2.45) is 0 Å². The normalized spacial score (nSPS) is 20.4. The maximum atomic E-state index is 13.3. The van der Waals surface area contributed by atoms with Crippen LogP contribution in [0.1, 0.15) is 60.9 Å². The van der Waals surface area contributed by atoms with Crippen LogP contribution in [0, 0.1) is 0 Å². The van der Waals surface area contributed by atoms with E-state index in [-0.39, 0.29) is 5.91 Å². The molecule has 4 nitrogen and oxygen atoms in total. The summed E-state index contributed by atoms with van der Waals surface area (Å²) in [5.41, 5.74) is 2.93. The molecule has 1 aliphatic carbocycles. The first-order chi connectivity index (χ1) is 15.2. The summed E-state index contributed by atoms with van der Waals surface area (Å²) in [7, 11) is 2.21. The second-order valence-electron chi connectivity index (χ2n) is 9.23. The molecule has 0 radical (unpaired) electrons. The molecule has 0 bridgehead atoms. The number of rotatable bonds is 5. The van der Waals surface area contributed by atoms with Crippen LogP contribution in [-0.4, -0.2) is 41.1 Å². The predicted molar refractivity (Wildman–Crippen MR) is 125 cm³/mol. The van der Waals surface area contributed by atoms with Crippen molar-refractivity contribution in [3.05, 3.63) is 65.9 Å². The zero-order valence-corrected chi connectivity index (χ0v) is 18.4. The number of aromatic nitrogens is 1. The van der Waals surface area contributed by atoms with Gasteiger partial charge < -0.3 is 9.64 Å². The molecule has 3 aromatic rings. The molecular weight excluding hydrogens is 384 g/mol. The smallest absolute Gasteiger partial charge is 0.262 e. The molecule has 162 valence electrons. The van der Waals surface area contributed by atoms with Gasteiger partial charge in [-0.3, -0.25) is 9.36 Å². The number of carbonyl (C=O) groups excluding carboxylic acids is 1. The number of ether oxygens (including phenoxy) is 1. The lowest BCUT2D eigenvalue weighted by Crippen LogP contribution is -2.26. The summed E-state index contributed by atoms with van der Waals surface area (Å²) in [6.07, 6.45) is 11.9. The molecule has 0 N–H and O–H groups in total. The molecule has 2 heterocycles. The summed E-state index contributed by atoms with van der Waals surface area (Å²) in [4.78, 5) is 15.7. The summed E-state index contributed by atoms with van der Waals surface area (Å²) in [6.45, 7) is 1.16. The van der Waals surface area contributed by atoms with E-state index >= 15 is 0 Å². The highest BCUT2D eigenvalue weighted by atomic mass is 16.5. The van der Waals surface area contributed by atoms with Crippen molar-refractivity contribution in [2.75, 3.05) is 13.6 Å². The van der Waals surface area contributed by atoms with E-state index in [0.717, 1.165) is 42.5 Å². The second-order valence-corrected chi connectivity index (χ2v) is 9.23. The summed E-state index contributed by atoms with van der Waals surface area (Å²) < 4.78 is 8.19. The van der Waals surface area contributed by atoms with Crippen LogP contribution in [0.4, 0.5) is 0 Å². The van der Waals surface area contributed by atoms with E-state index in [2.05, 4.69) is 30.3 Å². The SMILES string of the molecule is CN1CCC[C@@H]1Cc1cn(C(=O)c2ccccc2)c2ccc(OC3CCCCC3)cc12. The van der Waals surface area contributed by atoms with Crippen LogP contribution in [0.3, 0.4) is 0 Å². The van der Waals surface area contributed by atoms with Crippen molar-refractivity contribution >= 4 is 16.8 Å². The van der Waals surface area contributed by atoms with Crippen molar-refractivity contribution < 1.29 is 9.53 Å². The molecule has 1 saturated carbocycles. The molecular formula is C27H32N2O2. The first-order valence-electron chi connectivity index (χ1n) is 11.8. The number of hydrogen-bond donors (Lipinski definition) is 0. The number of hydrogen-bond acceptors (Lipinski definition) is 3. The molecule has 0 amide bonds. The van der Waals surface area contributed by atoms with Crippen molar-refractivity contribution in [1.29, 1.82) is 0 Å². The molecule has 2 fully saturated rings. The summed E-state index contributed by atoms with van der Waals surface area (Å²) in [6, 6.07) is 16.4. The van der Waals surface area contributed by atoms with Gasteiger partial charge in [-0.15, -0.1) is 0 Å². The van der Waals surface area contributed by atoms with Gasteiger partial charge in [-0.1, -0.05) is 24.6 Å². The number of nitrogens with zero attached hydrogens (tertiary/aromatic N) is 2. The van der Waals surface area contributed by atoms with Gasteiger partial charge in [0, 0.05) is 23.2 Å². The minimum atomic E-state index is 0.0255. The van der Waals surface area contributed by atoms with E-state index < -0.39 is 0 Å². The average molecular weight is 417 g/mol. The van der Waals surface area contributed by atoms with Crippen molar-refractivity contribution in [2.45, 2.75) is 63.5 Å². The highest BCUT2D eigenvalue weighted by Gasteiger charge is 2.24. The van der Waals surface area contributed by atoms with Crippen molar-refractivity contribution in [1.82, 2.24) is 9.47 Å². The van der Waals surface area contributed by atoms with E-state index in [4.69, 9.17) is 4.74 Å². The van der Waals surface area contributed by atoms with E-state index in [0.29, 0.717) is 17.7 Å². The van der Waals surface area contributed by atoms with Gasteiger partial charge in [0.05, 0.1) is 11.6 Å². The van der Waals surface area contributed by atoms with E-state index in [1.807, 2.05) is 41.0 Å². The highest BCUT2D eigenvalue weighted by Crippen LogP contribution is 2.32. The van der Waals surface area contributed by atoms with Crippen LogP contribution >= 0.6 is 0 Å². The summed E-state index contributed by atoms with van der Waals surface area (Å²) in [5, 5.41) is 1.15. The van der Waals surface area contributed by atoms with Gasteiger partial charge in [-0.05, 0) is 94.4 Å². The Labute approximate surface area is 184 Å². The monoisotopic (exact) mass is 416 g/mol. The Morgan fingerprint density at radius 2 is 1.81 bits per heavy atom. The molecule has 4 heteroatoms. The van der Waals surface area contributed by atoms with E-state index in [9.17, 15) is 4.79 Å². The van der Waals surface area contributed by atoms with Crippen LogP contribution in [-0.2, 0) is 6.42 Å². The number of fused-ring (bicyclic) bond motifs is 1. The summed E-state index contributed by atoms with van der Waals surface area (Å²) in [5.74, 6) is 0.961. The molecule has 1 aromatic heterocycles. The van der Waals surface area contributed by atoms with Crippen molar-refractivity contribution in [3.63, 3.8) is 0 Å². The maximum Gasteiger partial charge on any atom is 0.262 e. The lowest BCUT2D eigenvalue weighted by atomic mass is 9.98. The fraction of sp³-hybridized carbons (Fsp3) is 0.444. The molecule has 31 heavy (non-hydrogen) atoms. The lowest BCUT2D eigenvalue weighted by molar-refractivity contribution is 0.0964. The zero-order valence-electron chi connectivity index (χ0n) is 18.4. The van der Waals surface area contributed by atoms with Crippen molar-refractivity contribution in [3.8, 4) is 5.75 Å². The molecule has 0 unspecified atom stereocenters. The fourth-order valence-electron chi connectivity index (χ4n) is 5.27. The quantitative estimate of drug-likeness (QED) is 0.537. The summed E-state index contributed by atoms with van der Waals surface area (Å²) >= 11 is 0. The molecule has 2 aliphatic rings. The Kier molecular flexibility index (Phi) is 5.82. The van der Waals surface area contributed by atoms with Gasteiger partial charge in [0.2, 0.25) is 0 Å². The Morgan fingerprint density at radius 1 is 1.00 bits per heavy atom. The predicted octanol–water partition coefficient (Wildman–Crippen LogP) is 5.68. The Bertz CT molecular complexity index is 1050. The minimum absolute atomic E-state index is 0.0255. The fourth-order valence-corrected chi connectivity index (χ4v) is 5.27. The number of likely N-dealkylation sites (N-methyl/N-ethyl adjacent to an activating group) is 1. The third-order valence-electron chi connectivity index (χ3n) is 7.08. The Balaban J connectivity index is 1.51. The molecule has 2 aromatic carbocycles. The third kappa shape index (κ3) is 4.27. The third-order valence-corrected chi connectivity index (χ3v) is 7.08. The first-order valence-corrected chi connectivity index (χ1v) is 11.8.